The van der Waals surface area contributed by atoms with Crippen LogP contribution in [0.4, 0.5) is 4.79 Å². The Morgan fingerprint density at radius 2 is 2.07 bits per heavy atom. The Labute approximate surface area is 82.3 Å². The van der Waals surface area contributed by atoms with Gasteiger partial charge in [-0.1, -0.05) is 6.08 Å². The topological polar surface area (TPSA) is 55.8 Å². The maximum atomic E-state index is 11.3. The number of allylic oxidation sites excluding steroid dienone is 1. The van der Waals surface area contributed by atoms with Gasteiger partial charge in [0.2, 0.25) is 0 Å². The zero-order valence-electron chi connectivity index (χ0n) is 8.23. The highest BCUT2D eigenvalue weighted by Crippen LogP contribution is 2.16. The van der Waals surface area contributed by atoms with Crippen LogP contribution in [0.25, 0.3) is 0 Å². The lowest BCUT2D eigenvalue weighted by Crippen LogP contribution is -2.43. The second-order valence-electron chi connectivity index (χ2n) is 2.88. The first-order chi connectivity index (χ1) is 6.70. The van der Waals surface area contributed by atoms with Gasteiger partial charge >= 0.3 is 12.1 Å². The van der Waals surface area contributed by atoms with E-state index in [-0.39, 0.29) is 0 Å². The minimum absolute atomic E-state index is 0.417. The number of carbonyl (C=O) groups is 2. The third kappa shape index (κ3) is 2.04. The van der Waals surface area contributed by atoms with Gasteiger partial charge in [0.05, 0.1) is 14.2 Å². The van der Waals surface area contributed by atoms with Crippen LogP contribution >= 0.6 is 0 Å². The molecule has 0 aliphatic carbocycles. The molecule has 1 rings (SSSR count). The summed E-state index contributed by atoms with van der Waals surface area (Å²) in [6, 6.07) is -0.558. The third-order valence-corrected chi connectivity index (χ3v) is 2.07. The Balaban J connectivity index is 2.77. The van der Waals surface area contributed by atoms with Gasteiger partial charge in [-0.3, -0.25) is 4.90 Å². The Bertz CT molecular complexity index is 262. The molecule has 1 atom stereocenters. The van der Waals surface area contributed by atoms with Gasteiger partial charge in [0, 0.05) is 6.20 Å². The van der Waals surface area contributed by atoms with Crippen molar-refractivity contribution in [3.63, 3.8) is 0 Å². The van der Waals surface area contributed by atoms with Crippen LogP contribution in [0.15, 0.2) is 12.3 Å². The summed E-state index contributed by atoms with van der Waals surface area (Å²) in [5.74, 6) is -0.417. The van der Waals surface area contributed by atoms with Crippen molar-refractivity contribution >= 4 is 12.1 Å². The van der Waals surface area contributed by atoms with E-state index in [1.54, 1.807) is 6.20 Å². The fourth-order valence-corrected chi connectivity index (χ4v) is 1.35. The van der Waals surface area contributed by atoms with Gasteiger partial charge in [-0.05, 0) is 12.8 Å². The second-order valence-corrected chi connectivity index (χ2v) is 2.88. The number of nitrogens with zero attached hydrogens (tertiary/aromatic N) is 1. The number of rotatable bonds is 1. The average Bonchev–Trinajstić information content (AvgIpc) is 2.27. The molecular formula is C9H13NO4. The quantitative estimate of drug-likeness (QED) is 0.589. The van der Waals surface area contributed by atoms with Gasteiger partial charge in [-0.15, -0.1) is 0 Å². The van der Waals surface area contributed by atoms with Gasteiger partial charge in [-0.2, -0.15) is 0 Å². The highest BCUT2D eigenvalue weighted by atomic mass is 16.5. The van der Waals surface area contributed by atoms with Crippen molar-refractivity contribution in [3.8, 4) is 0 Å². The van der Waals surface area contributed by atoms with Gasteiger partial charge in [0.15, 0.2) is 0 Å². The van der Waals surface area contributed by atoms with Crippen LogP contribution in [0.1, 0.15) is 12.8 Å². The molecule has 0 aromatic heterocycles. The number of carbonyl (C=O) groups excluding carboxylic acids is 2. The number of amides is 1. The standard InChI is InChI=1S/C9H13NO4/c1-13-8(11)7-5-3-4-6-10(7)9(12)14-2/h4,6-7H,3,5H2,1-2H3/t7-/m0/s1. The maximum absolute atomic E-state index is 11.3. The molecule has 0 fully saturated rings. The Morgan fingerprint density at radius 3 is 2.64 bits per heavy atom. The number of hydrogen-bond donors (Lipinski definition) is 0. The molecule has 1 aliphatic heterocycles. The van der Waals surface area contributed by atoms with Crippen LogP contribution in [-0.2, 0) is 14.3 Å². The fraction of sp³-hybridized carbons (Fsp3) is 0.556. The fourth-order valence-electron chi connectivity index (χ4n) is 1.35. The molecule has 1 amide bonds. The molecule has 0 bridgehead atoms. The molecule has 14 heavy (non-hydrogen) atoms. The van der Waals surface area contributed by atoms with E-state index in [2.05, 4.69) is 9.47 Å². The first-order valence-corrected chi connectivity index (χ1v) is 4.31. The molecule has 1 heterocycles. The maximum Gasteiger partial charge on any atom is 0.414 e. The minimum Gasteiger partial charge on any atom is -0.467 e. The monoisotopic (exact) mass is 199 g/mol. The summed E-state index contributed by atoms with van der Waals surface area (Å²) in [5.41, 5.74) is 0. The summed E-state index contributed by atoms with van der Waals surface area (Å²) in [7, 11) is 2.58. The van der Waals surface area contributed by atoms with E-state index in [9.17, 15) is 9.59 Å². The van der Waals surface area contributed by atoms with Gasteiger partial charge in [0.1, 0.15) is 6.04 Å². The van der Waals surface area contributed by atoms with Crippen molar-refractivity contribution in [2.45, 2.75) is 18.9 Å². The highest BCUT2D eigenvalue weighted by Gasteiger charge is 2.31. The third-order valence-electron chi connectivity index (χ3n) is 2.07. The zero-order chi connectivity index (χ0) is 10.6. The van der Waals surface area contributed by atoms with Crippen molar-refractivity contribution in [2.24, 2.45) is 0 Å². The lowest BCUT2D eigenvalue weighted by molar-refractivity contribution is -0.145. The Kier molecular flexibility index (Phi) is 3.50. The first-order valence-electron chi connectivity index (χ1n) is 4.31. The lowest BCUT2D eigenvalue weighted by Gasteiger charge is -2.27. The largest absolute Gasteiger partial charge is 0.467 e. The Hall–Kier alpha value is -1.52. The molecule has 5 heteroatoms. The van der Waals surface area contributed by atoms with Crippen molar-refractivity contribution in [2.75, 3.05) is 14.2 Å². The lowest BCUT2D eigenvalue weighted by atomic mass is 10.1. The molecule has 0 spiro atoms. The molecule has 0 N–H and O–H groups in total. The van der Waals surface area contributed by atoms with Crippen molar-refractivity contribution < 1.29 is 19.1 Å². The predicted octanol–water partition coefficient (Wildman–Crippen LogP) is 0.904. The van der Waals surface area contributed by atoms with E-state index < -0.39 is 18.1 Å². The van der Waals surface area contributed by atoms with Crippen LogP contribution < -0.4 is 0 Å². The minimum atomic E-state index is -0.558. The Morgan fingerprint density at radius 1 is 1.36 bits per heavy atom. The predicted molar refractivity (Wildman–Crippen MR) is 48.4 cm³/mol. The molecule has 0 unspecified atom stereocenters. The van der Waals surface area contributed by atoms with Crippen LogP contribution in [0, 0.1) is 0 Å². The van der Waals surface area contributed by atoms with Crippen molar-refractivity contribution in [3.05, 3.63) is 12.3 Å². The van der Waals surface area contributed by atoms with Gasteiger partial charge < -0.3 is 9.47 Å². The molecule has 0 saturated heterocycles. The number of methoxy groups -OCH3 is 2. The van der Waals surface area contributed by atoms with Crippen LogP contribution in [-0.4, -0.2) is 37.2 Å². The van der Waals surface area contributed by atoms with E-state index >= 15 is 0 Å². The van der Waals surface area contributed by atoms with Crippen molar-refractivity contribution in [1.29, 1.82) is 0 Å². The molecular weight excluding hydrogens is 186 g/mol. The molecule has 78 valence electrons. The van der Waals surface area contributed by atoms with Gasteiger partial charge in [-0.25, -0.2) is 9.59 Å². The van der Waals surface area contributed by atoms with Crippen LogP contribution in [0.2, 0.25) is 0 Å². The number of ether oxygens (including phenoxy) is 2. The van der Waals surface area contributed by atoms with Crippen LogP contribution in [0.3, 0.4) is 0 Å². The summed E-state index contributed by atoms with van der Waals surface area (Å²) in [6.45, 7) is 0. The zero-order valence-corrected chi connectivity index (χ0v) is 8.23. The van der Waals surface area contributed by atoms with E-state index in [0.29, 0.717) is 6.42 Å². The van der Waals surface area contributed by atoms with E-state index in [1.807, 2.05) is 6.08 Å². The molecule has 0 saturated carbocycles. The SMILES string of the molecule is COC(=O)[C@@H]1CCC=CN1C(=O)OC. The molecule has 0 aromatic rings. The summed E-state index contributed by atoms with van der Waals surface area (Å²) < 4.78 is 9.13. The molecule has 5 nitrogen and oxygen atoms in total. The van der Waals surface area contributed by atoms with Crippen LogP contribution in [0.5, 0.6) is 0 Å². The van der Waals surface area contributed by atoms with E-state index in [1.165, 1.54) is 19.1 Å². The number of esters is 1. The number of hydrogen-bond acceptors (Lipinski definition) is 4. The second kappa shape index (κ2) is 4.64. The summed E-state index contributed by atoms with van der Waals surface area (Å²) in [5, 5.41) is 0. The summed E-state index contributed by atoms with van der Waals surface area (Å²) in [6.07, 6.45) is 4.15. The normalized spacial score (nSPS) is 20.4. The summed E-state index contributed by atoms with van der Waals surface area (Å²) in [4.78, 5) is 23.8. The molecule has 1 aliphatic rings. The summed E-state index contributed by atoms with van der Waals surface area (Å²) >= 11 is 0. The average molecular weight is 199 g/mol. The van der Waals surface area contributed by atoms with Gasteiger partial charge in [0.25, 0.3) is 0 Å². The first kappa shape index (κ1) is 10.6. The van der Waals surface area contributed by atoms with E-state index in [0.717, 1.165) is 6.42 Å². The smallest absolute Gasteiger partial charge is 0.414 e. The van der Waals surface area contributed by atoms with Crippen molar-refractivity contribution in [1.82, 2.24) is 4.90 Å². The highest BCUT2D eigenvalue weighted by molar-refractivity contribution is 5.82. The molecule has 0 aromatic carbocycles. The van der Waals surface area contributed by atoms with E-state index in [4.69, 9.17) is 0 Å². The molecule has 0 radical (unpaired) electrons.